The lowest BCUT2D eigenvalue weighted by atomic mass is 9.77. The second kappa shape index (κ2) is 5.19. The van der Waals surface area contributed by atoms with Gasteiger partial charge in [0.15, 0.2) is 0 Å². The van der Waals surface area contributed by atoms with E-state index in [2.05, 4.69) is 5.32 Å². The molecule has 0 radical (unpaired) electrons. The van der Waals surface area contributed by atoms with Gasteiger partial charge < -0.3 is 15.8 Å². The molecule has 0 atom stereocenters. The number of hydrogen-bond donors (Lipinski definition) is 2. The molecule has 1 aromatic rings. The van der Waals surface area contributed by atoms with Crippen molar-refractivity contribution in [2.75, 3.05) is 13.2 Å². The fraction of sp³-hybridized carbons (Fsp3) is 0.462. The molecule has 0 aliphatic heterocycles. The summed E-state index contributed by atoms with van der Waals surface area (Å²) in [4.78, 5) is 11.7. The molecule has 0 saturated heterocycles. The molecule has 3 N–H and O–H groups in total. The van der Waals surface area contributed by atoms with Crippen molar-refractivity contribution in [2.24, 2.45) is 5.73 Å². The quantitative estimate of drug-likeness (QED) is 0.749. The Morgan fingerprint density at radius 2 is 2.06 bits per heavy atom. The van der Waals surface area contributed by atoms with E-state index in [-0.39, 0.29) is 5.91 Å². The Hall–Kier alpha value is -1.55. The molecule has 0 heterocycles. The van der Waals surface area contributed by atoms with Crippen molar-refractivity contribution < 1.29 is 9.53 Å². The lowest BCUT2D eigenvalue weighted by Crippen LogP contribution is -2.58. The molecule has 1 aromatic carbocycles. The number of ether oxygens (including phenoxy) is 1. The van der Waals surface area contributed by atoms with Gasteiger partial charge in [0.05, 0.1) is 12.1 Å². The first-order valence-electron chi connectivity index (χ1n) is 5.96. The third-order valence-electron chi connectivity index (χ3n) is 3.10. The van der Waals surface area contributed by atoms with Crippen LogP contribution in [0.15, 0.2) is 30.3 Å². The summed E-state index contributed by atoms with van der Waals surface area (Å²) in [6.07, 6.45) is 2.63. The van der Waals surface area contributed by atoms with Gasteiger partial charge in [0.1, 0.15) is 12.4 Å². The largest absolute Gasteiger partial charge is 0.492 e. The highest BCUT2D eigenvalue weighted by atomic mass is 16.5. The van der Waals surface area contributed by atoms with E-state index in [1.165, 1.54) is 0 Å². The number of carbonyl (C=O) groups is 1. The zero-order valence-electron chi connectivity index (χ0n) is 9.82. The molecule has 4 heteroatoms. The summed E-state index contributed by atoms with van der Waals surface area (Å²) in [7, 11) is 0. The van der Waals surface area contributed by atoms with E-state index < -0.39 is 5.54 Å². The van der Waals surface area contributed by atoms with Gasteiger partial charge >= 0.3 is 0 Å². The zero-order valence-corrected chi connectivity index (χ0v) is 9.82. The summed E-state index contributed by atoms with van der Waals surface area (Å²) in [6, 6.07) is 9.54. The van der Waals surface area contributed by atoms with Crippen LogP contribution in [0.5, 0.6) is 5.75 Å². The highest BCUT2D eigenvalue weighted by molar-refractivity contribution is 5.86. The topological polar surface area (TPSA) is 64.4 Å². The fourth-order valence-electron chi connectivity index (χ4n) is 1.81. The minimum atomic E-state index is -0.618. The van der Waals surface area contributed by atoms with Crippen LogP contribution in [0.3, 0.4) is 0 Å². The van der Waals surface area contributed by atoms with Crippen molar-refractivity contribution in [3.05, 3.63) is 30.3 Å². The maximum Gasteiger partial charge on any atom is 0.240 e. The van der Waals surface area contributed by atoms with Crippen molar-refractivity contribution in [1.29, 1.82) is 0 Å². The number of nitrogens with one attached hydrogen (secondary N) is 1. The van der Waals surface area contributed by atoms with Gasteiger partial charge in [-0.1, -0.05) is 18.2 Å². The number of nitrogens with two attached hydrogens (primary N) is 1. The number of rotatable bonds is 5. The van der Waals surface area contributed by atoms with Crippen molar-refractivity contribution in [2.45, 2.75) is 24.8 Å². The van der Waals surface area contributed by atoms with Crippen molar-refractivity contribution in [3.8, 4) is 5.75 Å². The summed E-state index contributed by atoms with van der Waals surface area (Å²) in [5.41, 5.74) is 5.27. The van der Waals surface area contributed by atoms with Gasteiger partial charge in [-0.05, 0) is 31.4 Å². The normalized spacial score (nSPS) is 17.0. The van der Waals surface area contributed by atoms with E-state index in [9.17, 15) is 4.79 Å². The van der Waals surface area contributed by atoms with Gasteiger partial charge in [-0.15, -0.1) is 0 Å². The maximum atomic E-state index is 11.7. The summed E-state index contributed by atoms with van der Waals surface area (Å²) in [6.45, 7) is 0.957. The van der Waals surface area contributed by atoms with Crippen LogP contribution in [0.1, 0.15) is 19.3 Å². The molecule has 0 aromatic heterocycles. The molecule has 1 amide bonds. The monoisotopic (exact) mass is 234 g/mol. The molecule has 4 nitrogen and oxygen atoms in total. The van der Waals surface area contributed by atoms with Crippen LogP contribution < -0.4 is 15.8 Å². The van der Waals surface area contributed by atoms with E-state index >= 15 is 0 Å². The first-order valence-corrected chi connectivity index (χ1v) is 5.96. The number of hydrogen-bond acceptors (Lipinski definition) is 3. The molecular weight excluding hydrogens is 216 g/mol. The van der Waals surface area contributed by atoms with Gasteiger partial charge in [-0.2, -0.15) is 0 Å². The third-order valence-corrected chi connectivity index (χ3v) is 3.10. The Morgan fingerprint density at radius 1 is 1.35 bits per heavy atom. The average molecular weight is 234 g/mol. The molecule has 17 heavy (non-hydrogen) atoms. The molecule has 1 aliphatic rings. The molecule has 1 aliphatic carbocycles. The Kier molecular flexibility index (Phi) is 3.64. The highest BCUT2D eigenvalue weighted by Crippen LogP contribution is 2.28. The van der Waals surface area contributed by atoms with E-state index in [4.69, 9.17) is 10.5 Å². The number of para-hydroxylation sites is 1. The molecular formula is C13H18N2O2. The van der Waals surface area contributed by atoms with Crippen LogP contribution in [0, 0.1) is 0 Å². The SMILES string of the molecule is NC1(C(=O)NCCOc2ccccc2)CCC1. The standard InChI is InChI=1S/C13H18N2O2/c14-13(7-4-8-13)12(16)15-9-10-17-11-5-2-1-3-6-11/h1-3,5-6H,4,7-10,14H2,(H,15,16). The molecule has 0 unspecified atom stereocenters. The number of benzene rings is 1. The molecule has 1 fully saturated rings. The molecule has 92 valence electrons. The van der Waals surface area contributed by atoms with E-state index in [0.717, 1.165) is 25.0 Å². The minimum absolute atomic E-state index is 0.0552. The van der Waals surface area contributed by atoms with Crippen molar-refractivity contribution >= 4 is 5.91 Å². The van der Waals surface area contributed by atoms with Crippen LogP contribution in [0.25, 0.3) is 0 Å². The van der Waals surface area contributed by atoms with Crippen LogP contribution in [0.2, 0.25) is 0 Å². The maximum absolute atomic E-state index is 11.7. The van der Waals surface area contributed by atoms with Crippen molar-refractivity contribution in [1.82, 2.24) is 5.32 Å². The van der Waals surface area contributed by atoms with Crippen LogP contribution >= 0.6 is 0 Å². The summed E-state index contributed by atoms with van der Waals surface area (Å²) >= 11 is 0. The van der Waals surface area contributed by atoms with Crippen LogP contribution in [-0.2, 0) is 4.79 Å². The lowest BCUT2D eigenvalue weighted by Gasteiger charge is -2.36. The second-order valence-electron chi connectivity index (χ2n) is 4.43. The minimum Gasteiger partial charge on any atom is -0.492 e. The van der Waals surface area contributed by atoms with Crippen molar-refractivity contribution in [3.63, 3.8) is 0 Å². The van der Waals surface area contributed by atoms with Crippen LogP contribution in [-0.4, -0.2) is 24.6 Å². The Morgan fingerprint density at radius 3 is 2.65 bits per heavy atom. The Bertz CT molecular complexity index is 374. The van der Waals surface area contributed by atoms with E-state index in [1.54, 1.807) is 0 Å². The molecule has 0 spiro atoms. The Balaban J connectivity index is 1.65. The van der Waals surface area contributed by atoms with Gasteiger partial charge in [-0.25, -0.2) is 0 Å². The first-order chi connectivity index (χ1) is 8.21. The summed E-state index contributed by atoms with van der Waals surface area (Å²) in [5, 5.41) is 2.81. The number of carbonyl (C=O) groups excluding carboxylic acids is 1. The molecule has 0 bridgehead atoms. The predicted molar refractivity (Wildman–Crippen MR) is 65.7 cm³/mol. The fourth-order valence-corrected chi connectivity index (χ4v) is 1.81. The van der Waals surface area contributed by atoms with Gasteiger partial charge in [0.2, 0.25) is 5.91 Å². The lowest BCUT2D eigenvalue weighted by molar-refractivity contribution is -0.129. The Labute approximate surface area is 101 Å². The molecule has 2 rings (SSSR count). The van der Waals surface area contributed by atoms with Gasteiger partial charge in [-0.3, -0.25) is 4.79 Å². The molecule has 1 saturated carbocycles. The second-order valence-corrected chi connectivity index (χ2v) is 4.43. The number of amides is 1. The van der Waals surface area contributed by atoms with Gasteiger partial charge in [0, 0.05) is 0 Å². The highest BCUT2D eigenvalue weighted by Gasteiger charge is 2.39. The van der Waals surface area contributed by atoms with E-state index in [0.29, 0.717) is 13.2 Å². The van der Waals surface area contributed by atoms with E-state index in [1.807, 2.05) is 30.3 Å². The van der Waals surface area contributed by atoms with Gasteiger partial charge in [0.25, 0.3) is 0 Å². The van der Waals surface area contributed by atoms with Crippen LogP contribution in [0.4, 0.5) is 0 Å². The average Bonchev–Trinajstić information content (AvgIpc) is 2.32. The summed E-state index contributed by atoms with van der Waals surface area (Å²) < 4.78 is 5.47. The summed E-state index contributed by atoms with van der Waals surface area (Å²) in [5.74, 6) is 0.758. The smallest absolute Gasteiger partial charge is 0.240 e. The zero-order chi connectivity index (χ0) is 12.1. The predicted octanol–water partition coefficient (Wildman–Crippen LogP) is 1.06. The first kappa shape index (κ1) is 11.9. The third kappa shape index (κ3) is 2.97.